The van der Waals surface area contributed by atoms with Crippen molar-refractivity contribution in [3.8, 4) is 0 Å². The average molecular weight is 336 g/mol. The molecule has 3 aromatic rings. The van der Waals surface area contributed by atoms with E-state index in [1.807, 2.05) is 47.9 Å². The highest BCUT2D eigenvalue weighted by molar-refractivity contribution is 6.06. The van der Waals surface area contributed by atoms with E-state index in [0.717, 1.165) is 53.8 Å². The number of likely N-dealkylation sites (tertiary alicyclic amines) is 1. The molecule has 5 nitrogen and oxygen atoms in total. The predicted molar refractivity (Wildman–Crippen MR) is 98.7 cm³/mol. The minimum atomic E-state index is 0.140. The Labute approximate surface area is 147 Å². The summed E-state index contributed by atoms with van der Waals surface area (Å²) >= 11 is 0. The Bertz CT molecular complexity index is 936. The Morgan fingerprint density at radius 2 is 2.12 bits per heavy atom. The van der Waals surface area contributed by atoms with Gasteiger partial charge in [0, 0.05) is 41.9 Å². The number of carbonyl (C=O) groups excluding carboxylic acids is 1. The quantitative estimate of drug-likeness (QED) is 0.736. The molecule has 1 saturated heterocycles. The third-order valence-electron chi connectivity index (χ3n) is 5.28. The first-order chi connectivity index (χ1) is 12.0. The van der Waals surface area contributed by atoms with Crippen molar-refractivity contribution < 1.29 is 4.79 Å². The van der Waals surface area contributed by atoms with Crippen LogP contribution in [-0.4, -0.2) is 37.7 Å². The maximum atomic E-state index is 13.2. The third kappa shape index (κ3) is 2.73. The van der Waals surface area contributed by atoms with Crippen molar-refractivity contribution in [3.05, 3.63) is 53.5 Å². The van der Waals surface area contributed by atoms with E-state index >= 15 is 0 Å². The highest BCUT2D eigenvalue weighted by Crippen LogP contribution is 2.26. The highest BCUT2D eigenvalue weighted by Gasteiger charge is 2.31. The van der Waals surface area contributed by atoms with E-state index in [1.165, 1.54) is 0 Å². The van der Waals surface area contributed by atoms with E-state index in [9.17, 15) is 4.79 Å². The van der Waals surface area contributed by atoms with Crippen LogP contribution in [0.4, 0.5) is 0 Å². The van der Waals surface area contributed by atoms with Gasteiger partial charge in [-0.3, -0.25) is 9.48 Å². The molecule has 5 heteroatoms. The maximum absolute atomic E-state index is 13.2. The minimum Gasteiger partial charge on any atom is -0.351 e. The van der Waals surface area contributed by atoms with E-state index in [4.69, 9.17) is 0 Å². The summed E-state index contributed by atoms with van der Waals surface area (Å²) in [5, 5.41) is 5.60. The van der Waals surface area contributed by atoms with E-state index < -0.39 is 0 Å². The van der Waals surface area contributed by atoms with Crippen LogP contribution in [-0.2, 0) is 13.6 Å². The first-order valence-corrected chi connectivity index (χ1v) is 8.90. The van der Waals surface area contributed by atoms with Gasteiger partial charge in [0.25, 0.3) is 5.91 Å². The normalized spacial score (nSPS) is 17.6. The molecule has 0 bridgehead atoms. The fourth-order valence-corrected chi connectivity index (χ4v) is 4.00. The highest BCUT2D eigenvalue weighted by atomic mass is 16.2. The molecule has 0 spiro atoms. The summed E-state index contributed by atoms with van der Waals surface area (Å²) in [6, 6.07) is 10.3. The monoisotopic (exact) mass is 336 g/mol. The summed E-state index contributed by atoms with van der Waals surface area (Å²) in [7, 11) is 2.01. The number of aromatic nitrogens is 3. The van der Waals surface area contributed by atoms with Crippen LogP contribution in [0.5, 0.6) is 0 Å². The van der Waals surface area contributed by atoms with Gasteiger partial charge >= 0.3 is 0 Å². The first-order valence-electron chi connectivity index (χ1n) is 8.90. The van der Waals surface area contributed by atoms with Crippen molar-refractivity contribution in [2.24, 2.45) is 7.05 Å². The van der Waals surface area contributed by atoms with Gasteiger partial charge < -0.3 is 9.47 Å². The molecule has 0 radical (unpaired) electrons. The molecule has 0 saturated carbocycles. The Balaban J connectivity index is 1.63. The summed E-state index contributed by atoms with van der Waals surface area (Å²) in [4.78, 5) is 15.3. The van der Waals surface area contributed by atoms with Crippen molar-refractivity contribution >= 4 is 16.8 Å². The number of amides is 1. The summed E-state index contributed by atoms with van der Waals surface area (Å²) in [6.45, 7) is 5.69. The summed E-state index contributed by atoms with van der Waals surface area (Å²) in [5.74, 6) is 0.140. The molecule has 1 aliphatic rings. The molecule has 0 aliphatic carbocycles. The smallest absolute Gasteiger partial charge is 0.254 e. The Morgan fingerprint density at radius 1 is 1.28 bits per heavy atom. The second-order valence-corrected chi connectivity index (χ2v) is 7.07. The molecule has 25 heavy (non-hydrogen) atoms. The Kier molecular flexibility index (Phi) is 3.86. The van der Waals surface area contributed by atoms with Gasteiger partial charge in [0.2, 0.25) is 0 Å². The molecule has 130 valence electrons. The van der Waals surface area contributed by atoms with E-state index in [2.05, 4.69) is 28.7 Å². The number of hydrogen-bond acceptors (Lipinski definition) is 2. The number of benzene rings is 1. The lowest BCUT2D eigenvalue weighted by atomic mass is 10.1. The van der Waals surface area contributed by atoms with Crippen molar-refractivity contribution in [1.29, 1.82) is 0 Å². The lowest BCUT2D eigenvalue weighted by Gasteiger charge is -2.25. The summed E-state index contributed by atoms with van der Waals surface area (Å²) < 4.78 is 4.10. The molecule has 1 atom stereocenters. The lowest BCUT2D eigenvalue weighted by Crippen LogP contribution is -2.38. The predicted octanol–water partition coefficient (Wildman–Crippen LogP) is 3.30. The number of nitrogens with zero attached hydrogens (tertiary/aromatic N) is 4. The van der Waals surface area contributed by atoms with Gasteiger partial charge in [-0.05, 0) is 51.0 Å². The SMILES string of the molecule is Cc1cc(C)n(CC2CCCN2C(=O)c2cccc3c2ccn3C)n1. The number of fused-ring (bicyclic) bond motifs is 1. The molecule has 1 amide bonds. The van der Waals surface area contributed by atoms with Crippen LogP contribution in [0.15, 0.2) is 36.5 Å². The fraction of sp³-hybridized carbons (Fsp3) is 0.400. The Morgan fingerprint density at radius 3 is 2.88 bits per heavy atom. The Hall–Kier alpha value is -2.56. The van der Waals surface area contributed by atoms with Crippen molar-refractivity contribution in [2.75, 3.05) is 6.54 Å². The minimum absolute atomic E-state index is 0.140. The third-order valence-corrected chi connectivity index (χ3v) is 5.28. The molecular formula is C20H24N4O. The molecule has 1 aliphatic heterocycles. The van der Waals surface area contributed by atoms with Crippen LogP contribution >= 0.6 is 0 Å². The van der Waals surface area contributed by atoms with Crippen LogP contribution in [0.3, 0.4) is 0 Å². The van der Waals surface area contributed by atoms with Gasteiger partial charge in [-0.15, -0.1) is 0 Å². The van der Waals surface area contributed by atoms with E-state index in [1.54, 1.807) is 0 Å². The molecule has 1 unspecified atom stereocenters. The second-order valence-electron chi connectivity index (χ2n) is 7.07. The number of carbonyl (C=O) groups is 1. The zero-order valence-corrected chi connectivity index (χ0v) is 15.1. The van der Waals surface area contributed by atoms with E-state index in [0.29, 0.717) is 0 Å². The van der Waals surface area contributed by atoms with Gasteiger partial charge in [-0.2, -0.15) is 5.10 Å². The fourth-order valence-electron chi connectivity index (χ4n) is 4.00. The largest absolute Gasteiger partial charge is 0.351 e. The molecule has 1 fully saturated rings. The van der Waals surface area contributed by atoms with Gasteiger partial charge in [-0.1, -0.05) is 6.07 Å². The summed E-state index contributed by atoms with van der Waals surface area (Å²) in [6.07, 6.45) is 4.11. The van der Waals surface area contributed by atoms with Gasteiger partial charge in [0.05, 0.1) is 18.3 Å². The van der Waals surface area contributed by atoms with Gasteiger partial charge in [-0.25, -0.2) is 0 Å². The van der Waals surface area contributed by atoms with Crippen LogP contribution < -0.4 is 0 Å². The van der Waals surface area contributed by atoms with Crippen LogP contribution in [0.1, 0.15) is 34.6 Å². The molecule has 0 N–H and O–H groups in total. The van der Waals surface area contributed by atoms with Crippen LogP contribution in [0, 0.1) is 13.8 Å². The topological polar surface area (TPSA) is 43.1 Å². The van der Waals surface area contributed by atoms with Crippen molar-refractivity contribution in [1.82, 2.24) is 19.2 Å². The van der Waals surface area contributed by atoms with Gasteiger partial charge in [0.15, 0.2) is 0 Å². The van der Waals surface area contributed by atoms with E-state index in [-0.39, 0.29) is 11.9 Å². The molecule has 3 heterocycles. The van der Waals surface area contributed by atoms with Crippen molar-refractivity contribution in [2.45, 2.75) is 39.3 Å². The number of rotatable bonds is 3. The maximum Gasteiger partial charge on any atom is 0.254 e. The molecule has 4 rings (SSSR count). The number of aryl methyl sites for hydroxylation is 3. The second kappa shape index (κ2) is 6.06. The summed E-state index contributed by atoms with van der Waals surface area (Å²) in [5.41, 5.74) is 4.09. The van der Waals surface area contributed by atoms with Crippen molar-refractivity contribution in [3.63, 3.8) is 0 Å². The zero-order valence-electron chi connectivity index (χ0n) is 15.1. The van der Waals surface area contributed by atoms with Gasteiger partial charge in [0.1, 0.15) is 0 Å². The first kappa shape index (κ1) is 15.9. The molecular weight excluding hydrogens is 312 g/mol. The number of hydrogen-bond donors (Lipinski definition) is 0. The average Bonchev–Trinajstić information content (AvgIpc) is 3.28. The van der Waals surface area contributed by atoms with Crippen LogP contribution in [0.25, 0.3) is 10.9 Å². The zero-order chi connectivity index (χ0) is 17.6. The van der Waals surface area contributed by atoms with Crippen LogP contribution in [0.2, 0.25) is 0 Å². The standard InChI is InChI=1S/C20H24N4O/c1-14-12-15(2)24(21-14)13-16-6-5-10-23(16)20(25)18-7-4-8-19-17(18)9-11-22(19)3/h4,7-9,11-12,16H,5-6,10,13H2,1-3H3. The molecule has 1 aromatic carbocycles. The molecule has 2 aromatic heterocycles. The lowest BCUT2D eigenvalue weighted by molar-refractivity contribution is 0.0723.